The van der Waals surface area contributed by atoms with Crippen LogP contribution >= 0.6 is 11.8 Å². The molecule has 1 atom stereocenters. The van der Waals surface area contributed by atoms with Gasteiger partial charge in [0.2, 0.25) is 0 Å². The van der Waals surface area contributed by atoms with Gasteiger partial charge in [-0.05, 0) is 18.4 Å². The quantitative estimate of drug-likeness (QED) is 0.780. The Morgan fingerprint density at radius 3 is 2.24 bits per heavy atom. The van der Waals surface area contributed by atoms with Crippen molar-refractivity contribution in [3.63, 3.8) is 0 Å². The van der Waals surface area contributed by atoms with Crippen LogP contribution in [0, 0.1) is 0 Å². The molecule has 0 spiro atoms. The molecule has 6 heteroatoms. The summed E-state index contributed by atoms with van der Waals surface area (Å²) >= 11 is 1.33. The van der Waals surface area contributed by atoms with E-state index in [0.29, 0.717) is 22.0 Å². The monoisotopic (exact) mass is 258 g/mol. The standard InChI is InChI=1S/C11H14O5S/c1-15-7-4-6(10(12)11(13)14)9(17-3)5-8(7)16-2/h4-5,10,12H,1-3H3,(H,13,14). The normalized spacial score (nSPS) is 12.0. The fourth-order valence-electron chi connectivity index (χ4n) is 1.40. The lowest BCUT2D eigenvalue weighted by atomic mass is 10.1. The highest BCUT2D eigenvalue weighted by molar-refractivity contribution is 7.98. The highest BCUT2D eigenvalue weighted by atomic mass is 32.2. The highest BCUT2D eigenvalue weighted by Crippen LogP contribution is 2.37. The number of hydrogen-bond acceptors (Lipinski definition) is 5. The molecule has 0 aromatic heterocycles. The van der Waals surface area contributed by atoms with Crippen LogP contribution in [0.2, 0.25) is 0 Å². The SMILES string of the molecule is COc1cc(SC)c(C(O)C(=O)O)cc1OC. The molecule has 0 fully saturated rings. The Hall–Kier alpha value is -1.40. The molecule has 0 radical (unpaired) electrons. The minimum Gasteiger partial charge on any atom is -0.493 e. The summed E-state index contributed by atoms with van der Waals surface area (Å²) in [6, 6.07) is 3.12. The smallest absolute Gasteiger partial charge is 0.337 e. The molecular weight excluding hydrogens is 244 g/mol. The molecule has 0 amide bonds. The predicted octanol–water partition coefficient (Wildman–Crippen LogP) is 1.54. The summed E-state index contributed by atoms with van der Waals surface area (Å²) in [7, 11) is 2.95. The molecule has 1 rings (SSSR count). The average molecular weight is 258 g/mol. The van der Waals surface area contributed by atoms with Crippen LogP contribution in [-0.4, -0.2) is 36.7 Å². The molecule has 0 heterocycles. The summed E-state index contributed by atoms with van der Waals surface area (Å²) in [5.74, 6) is -0.411. The van der Waals surface area contributed by atoms with Crippen molar-refractivity contribution in [2.24, 2.45) is 0 Å². The molecule has 94 valence electrons. The molecule has 5 nitrogen and oxygen atoms in total. The number of carboxylic acid groups (broad SMARTS) is 1. The van der Waals surface area contributed by atoms with Gasteiger partial charge >= 0.3 is 5.97 Å². The van der Waals surface area contributed by atoms with Crippen LogP contribution in [0.15, 0.2) is 17.0 Å². The zero-order valence-corrected chi connectivity index (χ0v) is 10.6. The zero-order valence-electron chi connectivity index (χ0n) is 9.76. The van der Waals surface area contributed by atoms with Gasteiger partial charge in [0.05, 0.1) is 14.2 Å². The maximum absolute atomic E-state index is 10.8. The van der Waals surface area contributed by atoms with Gasteiger partial charge < -0.3 is 19.7 Å². The first-order chi connectivity index (χ1) is 8.04. The number of aliphatic hydroxyl groups excluding tert-OH is 1. The summed E-state index contributed by atoms with van der Waals surface area (Å²) in [6.07, 6.45) is 0.219. The van der Waals surface area contributed by atoms with Gasteiger partial charge in [-0.1, -0.05) is 0 Å². The van der Waals surface area contributed by atoms with Crippen molar-refractivity contribution in [3.05, 3.63) is 17.7 Å². The van der Waals surface area contributed by atoms with E-state index in [1.54, 1.807) is 12.3 Å². The summed E-state index contributed by atoms with van der Waals surface area (Å²) in [4.78, 5) is 11.4. The van der Waals surface area contributed by atoms with E-state index in [1.807, 2.05) is 0 Å². The summed E-state index contributed by atoms with van der Waals surface area (Å²) in [5, 5.41) is 18.4. The number of benzene rings is 1. The maximum atomic E-state index is 10.8. The lowest BCUT2D eigenvalue weighted by molar-refractivity contribution is -0.147. The number of rotatable bonds is 5. The van der Waals surface area contributed by atoms with E-state index in [1.165, 1.54) is 32.0 Å². The second kappa shape index (κ2) is 5.79. The molecule has 0 aliphatic rings. The summed E-state index contributed by atoms with van der Waals surface area (Å²) < 4.78 is 10.2. The van der Waals surface area contributed by atoms with Crippen LogP contribution in [0.4, 0.5) is 0 Å². The second-order valence-corrected chi connectivity index (χ2v) is 4.04. The molecule has 0 aliphatic carbocycles. The van der Waals surface area contributed by atoms with Crippen molar-refractivity contribution in [1.82, 2.24) is 0 Å². The number of aliphatic carboxylic acids is 1. The second-order valence-electron chi connectivity index (χ2n) is 3.19. The van der Waals surface area contributed by atoms with E-state index in [-0.39, 0.29) is 0 Å². The Labute approximate surface area is 103 Å². The molecule has 0 aliphatic heterocycles. The van der Waals surface area contributed by atoms with Gasteiger partial charge in [0.25, 0.3) is 0 Å². The van der Waals surface area contributed by atoms with Crippen LogP contribution in [0.25, 0.3) is 0 Å². The average Bonchev–Trinajstić information content (AvgIpc) is 2.35. The van der Waals surface area contributed by atoms with Crippen molar-refractivity contribution in [1.29, 1.82) is 0 Å². The third kappa shape index (κ3) is 2.83. The van der Waals surface area contributed by atoms with Gasteiger partial charge in [-0.2, -0.15) is 0 Å². The highest BCUT2D eigenvalue weighted by Gasteiger charge is 2.22. The molecule has 0 saturated carbocycles. The van der Waals surface area contributed by atoms with Crippen molar-refractivity contribution in [3.8, 4) is 11.5 Å². The van der Waals surface area contributed by atoms with E-state index in [0.717, 1.165) is 0 Å². The number of carbonyl (C=O) groups is 1. The Morgan fingerprint density at radius 2 is 1.82 bits per heavy atom. The van der Waals surface area contributed by atoms with Crippen LogP contribution in [0.1, 0.15) is 11.7 Å². The topological polar surface area (TPSA) is 76.0 Å². The molecule has 1 aromatic carbocycles. The minimum absolute atomic E-state index is 0.294. The summed E-state index contributed by atoms with van der Waals surface area (Å²) in [6.45, 7) is 0. The Bertz CT molecular complexity index is 419. The number of carboxylic acids is 1. The van der Waals surface area contributed by atoms with E-state index in [2.05, 4.69) is 0 Å². The van der Waals surface area contributed by atoms with Gasteiger partial charge in [-0.3, -0.25) is 0 Å². The van der Waals surface area contributed by atoms with Gasteiger partial charge in [0.15, 0.2) is 17.6 Å². The predicted molar refractivity (Wildman–Crippen MR) is 63.9 cm³/mol. The van der Waals surface area contributed by atoms with Crippen LogP contribution in [0.3, 0.4) is 0 Å². The Kier molecular flexibility index (Phi) is 4.65. The van der Waals surface area contributed by atoms with Crippen molar-refractivity contribution in [2.45, 2.75) is 11.0 Å². The van der Waals surface area contributed by atoms with E-state index in [4.69, 9.17) is 14.6 Å². The maximum Gasteiger partial charge on any atom is 0.337 e. The molecule has 17 heavy (non-hydrogen) atoms. The Morgan fingerprint density at radius 1 is 1.29 bits per heavy atom. The largest absolute Gasteiger partial charge is 0.493 e. The van der Waals surface area contributed by atoms with Gasteiger partial charge in [-0.25, -0.2) is 4.79 Å². The van der Waals surface area contributed by atoms with Crippen molar-refractivity contribution < 1.29 is 24.5 Å². The van der Waals surface area contributed by atoms with E-state index < -0.39 is 12.1 Å². The zero-order chi connectivity index (χ0) is 13.0. The number of thioether (sulfide) groups is 1. The van der Waals surface area contributed by atoms with Crippen LogP contribution < -0.4 is 9.47 Å². The molecule has 2 N–H and O–H groups in total. The molecule has 1 aromatic rings. The van der Waals surface area contributed by atoms with E-state index >= 15 is 0 Å². The van der Waals surface area contributed by atoms with E-state index in [9.17, 15) is 9.90 Å². The first-order valence-electron chi connectivity index (χ1n) is 4.76. The first kappa shape index (κ1) is 13.7. The third-order valence-corrected chi connectivity index (χ3v) is 3.06. The molecular formula is C11H14O5S. The minimum atomic E-state index is -1.57. The number of hydrogen-bond donors (Lipinski definition) is 2. The van der Waals surface area contributed by atoms with Gasteiger partial charge in [0, 0.05) is 10.5 Å². The van der Waals surface area contributed by atoms with Crippen LogP contribution in [-0.2, 0) is 4.79 Å². The van der Waals surface area contributed by atoms with Crippen LogP contribution in [0.5, 0.6) is 11.5 Å². The van der Waals surface area contributed by atoms with Crippen molar-refractivity contribution >= 4 is 17.7 Å². The molecule has 0 saturated heterocycles. The Balaban J connectivity index is 3.33. The first-order valence-corrected chi connectivity index (χ1v) is 5.98. The lowest BCUT2D eigenvalue weighted by Gasteiger charge is -2.15. The fourth-order valence-corrected chi connectivity index (χ4v) is 2.03. The molecule has 1 unspecified atom stereocenters. The fraction of sp³-hybridized carbons (Fsp3) is 0.364. The summed E-state index contributed by atoms with van der Waals surface area (Å²) in [5.41, 5.74) is 0.294. The third-order valence-electron chi connectivity index (χ3n) is 2.26. The number of ether oxygens (including phenoxy) is 2. The lowest BCUT2D eigenvalue weighted by Crippen LogP contribution is -2.12. The van der Waals surface area contributed by atoms with Crippen molar-refractivity contribution in [2.75, 3.05) is 20.5 Å². The number of aliphatic hydroxyl groups is 1. The number of methoxy groups -OCH3 is 2. The van der Waals surface area contributed by atoms with Gasteiger partial charge in [0.1, 0.15) is 0 Å². The van der Waals surface area contributed by atoms with Gasteiger partial charge in [-0.15, -0.1) is 11.8 Å². The molecule has 0 bridgehead atoms.